The van der Waals surface area contributed by atoms with Crippen LogP contribution in [0.1, 0.15) is 66.9 Å². The van der Waals surface area contributed by atoms with Crippen molar-refractivity contribution >= 4 is 23.8 Å². The summed E-state index contributed by atoms with van der Waals surface area (Å²) in [5.74, 6) is -1.28. The fourth-order valence-corrected chi connectivity index (χ4v) is 3.60. The summed E-state index contributed by atoms with van der Waals surface area (Å²) >= 11 is 0. The predicted molar refractivity (Wildman–Crippen MR) is 140 cm³/mol. The molecule has 36 heavy (non-hydrogen) atoms. The van der Waals surface area contributed by atoms with Crippen molar-refractivity contribution in [2.75, 3.05) is 7.05 Å². The van der Waals surface area contributed by atoms with Gasteiger partial charge in [0.05, 0.1) is 0 Å². The van der Waals surface area contributed by atoms with Crippen LogP contribution in [-0.4, -0.2) is 54.6 Å². The lowest BCUT2D eigenvalue weighted by atomic mass is 9.96. The standard InChI is InChI=1S/C27H44N4O5/c1-9-18(4)22(25(34)29-20(15-17(2)3)23(32)28-8)31-24(33)21(16-19-13-11-10-12-14-19)30-26(35)36-27(5,6)7/h10-14,17-18,20-22H,9,15-16H2,1-8H3,(H,28,32)(H,29,34)(H,30,35)(H,31,33)/t18-,20-,21?,22-/m0/s1. The number of alkyl carbamates (subject to hydrolysis) is 1. The number of amides is 4. The summed E-state index contributed by atoms with van der Waals surface area (Å²) in [5, 5.41) is 10.9. The Balaban J connectivity index is 3.13. The molecule has 0 fully saturated rings. The van der Waals surface area contributed by atoms with E-state index in [4.69, 9.17) is 4.74 Å². The van der Waals surface area contributed by atoms with Crippen LogP contribution in [0.2, 0.25) is 0 Å². The molecule has 0 aliphatic rings. The molecule has 0 aliphatic carbocycles. The minimum Gasteiger partial charge on any atom is -0.444 e. The summed E-state index contributed by atoms with van der Waals surface area (Å²) in [7, 11) is 1.52. The molecule has 4 amide bonds. The molecule has 0 spiro atoms. The van der Waals surface area contributed by atoms with Crippen molar-refractivity contribution < 1.29 is 23.9 Å². The lowest BCUT2D eigenvalue weighted by Crippen LogP contribution is -2.59. The summed E-state index contributed by atoms with van der Waals surface area (Å²) in [5.41, 5.74) is 0.109. The molecule has 1 unspecified atom stereocenters. The topological polar surface area (TPSA) is 126 Å². The first-order valence-corrected chi connectivity index (χ1v) is 12.6. The first-order valence-electron chi connectivity index (χ1n) is 12.6. The predicted octanol–water partition coefficient (Wildman–Crippen LogP) is 2.93. The molecule has 4 atom stereocenters. The van der Waals surface area contributed by atoms with E-state index in [1.165, 1.54) is 7.05 Å². The molecule has 9 heteroatoms. The number of rotatable bonds is 12. The Labute approximate surface area is 215 Å². The van der Waals surface area contributed by atoms with Gasteiger partial charge < -0.3 is 26.0 Å². The number of ether oxygens (including phenoxy) is 1. The summed E-state index contributed by atoms with van der Waals surface area (Å²) in [6, 6.07) is 6.70. The van der Waals surface area contributed by atoms with Crippen LogP contribution in [0.5, 0.6) is 0 Å². The zero-order valence-corrected chi connectivity index (χ0v) is 22.9. The highest BCUT2D eigenvalue weighted by atomic mass is 16.6. The van der Waals surface area contributed by atoms with Gasteiger partial charge in [0.25, 0.3) is 0 Å². The zero-order chi connectivity index (χ0) is 27.5. The van der Waals surface area contributed by atoms with Gasteiger partial charge in [-0.05, 0) is 44.6 Å². The van der Waals surface area contributed by atoms with Crippen LogP contribution in [0.3, 0.4) is 0 Å². The van der Waals surface area contributed by atoms with Crippen LogP contribution in [0.4, 0.5) is 4.79 Å². The van der Waals surface area contributed by atoms with Crippen molar-refractivity contribution in [2.45, 2.75) is 91.5 Å². The lowest BCUT2D eigenvalue weighted by Gasteiger charge is -2.29. The van der Waals surface area contributed by atoms with Crippen LogP contribution in [0, 0.1) is 11.8 Å². The molecule has 0 bridgehead atoms. The molecule has 0 aromatic heterocycles. The molecular weight excluding hydrogens is 460 g/mol. The lowest BCUT2D eigenvalue weighted by molar-refractivity contribution is -0.133. The quantitative estimate of drug-likeness (QED) is 0.348. The van der Waals surface area contributed by atoms with Gasteiger partial charge in [-0.25, -0.2) is 4.79 Å². The molecule has 202 valence electrons. The Morgan fingerprint density at radius 1 is 0.861 bits per heavy atom. The molecule has 1 aromatic rings. The van der Waals surface area contributed by atoms with Crippen molar-refractivity contribution in [1.82, 2.24) is 21.3 Å². The van der Waals surface area contributed by atoms with Crippen LogP contribution in [-0.2, 0) is 25.5 Å². The second-order valence-corrected chi connectivity index (χ2v) is 10.6. The number of carbonyl (C=O) groups is 4. The third-order valence-corrected chi connectivity index (χ3v) is 5.67. The van der Waals surface area contributed by atoms with E-state index in [-0.39, 0.29) is 24.2 Å². The SMILES string of the molecule is CC[C@H](C)[C@H](NC(=O)C(Cc1ccccc1)NC(=O)OC(C)(C)C)C(=O)N[C@@H](CC(C)C)C(=O)NC. The van der Waals surface area contributed by atoms with Gasteiger partial charge in [0.1, 0.15) is 23.7 Å². The first kappa shape index (κ1) is 30.9. The summed E-state index contributed by atoms with van der Waals surface area (Å²) < 4.78 is 5.35. The van der Waals surface area contributed by atoms with Crippen molar-refractivity contribution in [3.8, 4) is 0 Å². The van der Waals surface area contributed by atoms with Gasteiger partial charge >= 0.3 is 6.09 Å². The molecule has 0 heterocycles. The molecule has 0 saturated heterocycles. The Bertz CT molecular complexity index is 867. The molecule has 0 saturated carbocycles. The third-order valence-electron chi connectivity index (χ3n) is 5.67. The Kier molecular flexibility index (Phi) is 12.4. The van der Waals surface area contributed by atoms with Crippen molar-refractivity contribution in [3.05, 3.63) is 35.9 Å². The van der Waals surface area contributed by atoms with E-state index in [0.29, 0.717) is 12.8 Å². The number of hydrogen-bond acceptors (Lipinski definition) is 5. The average molecular weight is 505 g/mol. The first-order chi connectivity index (χ1) is 16.8. The maximum Gasteiger partial charge on any atom is 0.408 e. The van der Waals surface area contributed by atoms with Crippen LogP contribution >= 0.6 is 0 Å². The van der Waals surface area contributed by atoms with E-state index in [9.17, 15) is 19.2 Å². The number of hydrogen-bond donors (Lipinski definition) is 4. The molecule has 4 N–H and O–H groups in total. The van der Waals surface area contributed by atoms with E-state index >= 15 is 0 Å². The van der Waals surface area contributed by atoms with Gasteiger partial charge in [0.15, 0.2) is 0 Å². The van der Waals surface area contributed by atoms with Gasteiger partial charge in [-0.1, -0.05) is 64.4 Å². The van der Waals surface area contributed by atoms with E-state index in [1.54, 1.807) is 20.8 Å². The minimum atomic E-state index is -0.966. The summed E-state index contributed by atoms with van der Waals surface area (Å²) in [6.45, 7) is 12.9. The van der Waals surface area contributed by atoms with Gasteiger partial charge in [-0.15, -0.1) is 0 Å². The largest absolute Gasteiger partial charge is 0.444 e. The normalized spacial score (nSPS) is 14.7. The van der Waals surface area contributed by atoms with Gasteiger partial charge in [-0.3, -0.25) is 14.4 Å². The average Bonchev–Trinajstić information content (AvgIpc) is 2.79. The second kappa shape index (κ2) is 14.5. The summed E-state index contributed by atoms with van der Waals surface area (Å²) in [4.78, 5) is 51.5. The highest BCUT2D eigenvalue weighted by Gasteiger charge is 2.33. The Hall–Kier alpha value is -3.10. The van der Waals surface area contributed by atoms with Crippen LogP contribution in [0.15, 0.2) is 30.3 Å². The van der Waals surface area contributed by atoms with Gasteiger partial charge in [0.2, 0.25) is 17.7 Å². The molecule has 9 nitrogen and oxygen atoms in total. The van der Waals surface area contributed by atoms with E-state index in [2.05, 4.69) is 21.3 Å². The number of likely N-dealkylation sites (N-methyl/N-ethyl adjacent to an activating group) is 1. The van der Waals surface area contributed by atoms with E-state index in [0.717, 1.165) is 5.56 Å². The Morgan fingerprint density at radius 3 is 1.97 bits per heavy atom. The monoisotopic (exact) mass is 504 g/mol. The van der Waals surface area contributed by atoms with Gasteiger partial charge in [-0.2, -0.15) is 0 Å². The van der Waals surface area contributed by atoms with Crippen molar-refractivity contribution in [3.63, 3.8) is 0 Å². The summed E-state index contributed by atoms with van der Waals surface area (Å²) in [6.07, 6.45) is 0.578. The fraction of sp³-hybridized carbons (Fsp3) is 0.630. The van der Waals surface area contributed by atoms with Gasteiger partial charge in [0, 0.05) is 13.5 Å². The number of benzene rings is 1. The zero-order valence-electron chi connectivity index (χ0n) is 22.9. The molecule has 0 radical (unpaired) electrons. The number of nitrogens with one attached hydrogen (secondary N) is 4. The number of carbonyl (C=O) groups excluding carboxylic acids is 4. The third kappa shape index (κ3) is 11.1. The molecular formula is C27H44N4O5. The van der Waals surface area contributed by atoms with Crippen LogP contribution < -0.4 is 21.3 Å². The molecule has 1 rings (SSSR count). The fourth-order valence-electron chi connectivity index (χ4n) is 3.60. The minimum absolute atomic E-state index is 0.178. The van der Waals surface area contributed by atoms with Crippen molar-refractivity contribution in [1.29, 1.82) is 0 Å². The highest BCUT2D eigenvalue weighted by Crippen LogP contribution is 2.13. The second-order valence-electron chi connectivity index (χ2n) is 10.6. The van der Waals surface area contributed by atoms with E-state index < -0.39 is 41.6 Å². The van der Waals surface area contributed by atoms with Crippen LogP contribution in [0.25, 0.3) is 0 Å². The smallest absolute Gasteiger partial charge is 0.408 e. The van der Waals surface area contributed by atoms with E-state index in [1.807, 2.05) is 58.0 Å². The Morgan fingerprint density at radius 2 is 1.47 bits per heavy atom. The maximum atomic E-state index is 13.4. The molecule has 1 aromatic carbocycles. The highest BCUT2D eigenvalue weighted by molar-refractivity contribution is 5.94. The van der Waals surface area contributed by atoms with Crippen molar-refractivity contribution in [2.24, 2.45) is 11.8 Å². The maximum absolute atomic E-state index is 13.4. The molecule has 0 aliphatic heterocycles.